The first-order chi connectivity index (χ1) is 7.70. The van der Waals surface area contributed by atoms with Crippen LogP contribution in [0.3, 0.4) is 0 Å². The molecule has 3 heteroatoms. The summed E-state index contributed by atoms with van der Waals surface area (Å²) in [5.74, 6) is -0.310. The predicted molar refractivity (Wildman–Crippen MR) is 63.4 cm³/mol. The molecule has 0 saturated heterocycles. The van der Waals surface area contributed by atoms with E-state index in [9.17, 15) is 4.79 Å². The summed E-state index contributed by atoms with van der Waals surface area (Å²) in [5, 5.41) is 0. The molecule has 0 aliphatic heterocycles. The van der Waals surface area contributed by atoms with Gasteiger partial charge in [0.1, 0.15) is 0 Å². The second kappa shape index (κ2) is 6.08. The Morgan fingerprint density at radius 2 is 2.12 bits per heavy atom. The Bertz CT molecular complexity index is 394. The molecule has 0 N–H and O–H groups in total. The lowest BCUT2D eigenvalue weighted by atomic mass is 10.0. The molecule has 0 heterocycles. The minimum Gasteiger partial charge on any atom is -0.465 e. The normalized spacial score (nSPS) is 10.7. The van der Waals surface area contributed by atoms with Crippen molar-refractivity contribution in [2.24, 2.45) is 0 Å². The summed E-state index contributed by atoms with van der Waals surface area (Å²) in [6.45, 7) is 2.41. The van der Waals surface area contributed by atoms with Gasteiger partial charge in [-0.3, -0.25) is 0 Å². The first kappa shape index (κ1) is 12.5. The van der Waals surface area contributed by atoms with Gasteiger partial charge in [-0.1, -0.05) is 30.4 Å². The van der Waals surface area contributed by atoms with Gasteiger partial charge in [-0.05, 0) is 18.1 Å². The van der Waals surface area contributed by atoms with Gasteiger partial charge < -0.3 is 9.47 Å². The van der Waals surface area contributed by atoms with E-state index >= 15 is 0 Å². The molecule has 0 aliphatic rings. The van der Waals surface area contributed by atoms with Crippen LogP contribution in [0, 0.1) is 6.92 Å². The molecule has 0 aromatic heterocycles. The second-order valence-corrected chi connectivity index (χ2v) is 3.39. The van der Waals surface area contributed by atoms with E-state index in [4.69, 9.17) is 9.47 Å². The highest BCUT2D eigenvalue weighted by Gasteiger charge is 2.12. The molecule has 3 nitrogen and oxygen atoms in total. The van der Waals surface area contributed by atoms with E-state index in [1.54, 1.807) is 7.11 Å². The van der Waals surface area contributed by atoms with Crippen LogP contribution in [-0.4, -0.2) is 26.8 Å². The van der Waals surface area contributed by atoms with Gasteiger partial charge in [-0.15, -0.1) is 0 Å². The fourth-order valence-corrected chi connectivity index (χ4v) is 1.48. The molecule has 1 aromatic carbocycles. The number of aryl methyl sites for hydroxylation is 1. The van der Waals surface area contributed by atoms with Crippen molar-refractivity contribution in [2.45, 2.75) is 6.92 Å². The van der Waals surface area contributed by atoms with Crippen LogP contribution < -0.4 is 0 Å². The van der Waals surface area contributed by atoms with Crippen LogP contribution in [0.2, 0.25) is 0 Å². The highest BCUT2D eigenvalue weighted by atomic mass is 16.5. The van der Waals surface area contributed by atoms with Crippen LogP contribution in [0.4, 0.5) is 0 Å². The smallest absolute Gasteiger partial charge is 0.338 e. The fraction of sp³-hybridized carbons (Fsp3) is 0.308. The third kappa shape index (κ3) is 2.94. The summed E-state index contributed by atoms with van der Waals surface area (Å²) in [6, 6.07) is 5.68. The van der Waals surface area contributed by atoms with E-state index < -0.39 is 0 Å². The van der Waals surface area contributed by atoms with Gasteiger partial charge in [-0.2, -0.15) is 0 Å². The second-order valence-electron chi connectivity index (χ2n) is 3.39. The van der Waals surface area contributed by atoms with Crippen molar-refractivity contribution in [1.29, 1.82) is 0 Å². The molecule has 16 heavy (non-hydrogen) atoms. The van der Waals surface area contributed by atoms with Crippen molar-refractivity contribution in [3.05, 3.63) is 41.0 Å². The van der Waals surface area contributed by atoms with E-state index in [2.05, 4.69) is 0 Å². The van der Waals surface area contributed by atoms with Crippen molar-refractivity contribution in [1.82, 2.24) is 0 Å². The number of benzene rings is 1. The van der Waals surface area contributed by atoms with Gasteiger partial charge >= 0.3 is 5.97 Å². The fourth-order valence-electron chi connectivity index (χ4n) is 1.48. The summed E-state index contributed by atoms with van der Waals surface area (Å²) in [5.41, 5.74) is 2.37. The third-order valence-corrected chi connectivity index (χ3v) is 2.25. The quantitative estimate of drug-likeness (QED) is 0.731. The van der Waals surface area contributed by atoms with Crippen LogP contribution in [0.15, 0.2) is 24.3 Å². The number of carbonyl (C=O) groups excluding carboxylic acids is 1. The number of hydrogen-bond acceptors (Lipinski definition) is 3. The Morgan fingerprint density at radius 3 is 2.75 bits per heavy atom. The first-order valence-electron chi connectivity index (χ1n) is 5.04. The summed E-state index contributed by atoms with van der Waals surface area (Å²) >= 11 is 0. The van der Waals surface area contributed by atoms with Gasteiger partial charge in [0.05, 0.1) is 19.3 Å². The van der Waals surface area contributed by atoms with Crippen molar-refractivity contribution in [2.75, 3.05) is 20.8 Å². The van der Waals surface area contributed by atoms with E-state index in [-0.39, 0.29) is 5.97 Å². The molecule has 0 bridgehead atoms. The van der Waals surface area contributed by atoms with Crippen LogP contribution in [-0.2, 0) is 9.47 Å². The molecule has 0 spiro atoms. The molecule has 0 aliphatic carbocycles. The summed E-state index contributed by atoms with van der Waals surface area (Å²) in [6.07, 6.45) is 3.73. The number of ether oxygens (including phenoxy) is 2. The van der Waals surface area contributed by atoms with E-state index in [0.29, 0.717) is 12.2 Å². The molecule has 0 fully saturated rings. The minimum absolute atomic E-state index is 0.310. The Morgan fingerprint density at radius 1 is 1.38 bits per heavy atom. The third-order valence-electron chi connectivity index (χ3n) is 2.25. The molecule has 1 aromatic rings. The van der Waals surface area contributed by atoms with Crippen molar-refractivity contribution >= 4 is 12.0 Å². The molecule has 0 unspecified atom stereocenters. The monoisotopic (exact) mass is 220 g/mol. The van der Waals surface area contributed by atoms with E-state index in [1.807, 2.05) is 37.3 Å². The Balaban J connectivity index is 3.08. The zero-order valence-electron chi connectivity index (χ0n) is 9.82. The summed E-state index contributed by atoms with van der Waals surface area (Å²) < 4.78 is 9.68. The maximum absolute atomic E-state index is 11.6. The maximum atomic E-state index is 11.6. The minimum atomic E-state index is -0.310. The van der Waals surface area contributed by atoms with Gasteiger partial charge in [-0.25, -0.2) is 4.79 Å². The lowest BCUT2D eigenvalue weighted by Gasteiger charge is -2.07. The molecular formula is C13H16O3. The molecular weight excluding hydrogens is 204 g/mol. The molecule has 86 valence electrons. The summed E-state index contributed by atoms with van der Waals surface area (Å²) in [4.78, 5) is 11.6. The maximum Gasteiger partial charge on any atom is 0.338 e. The topological polar surface area (TPSA) is 35.5 Å². The number of rotatable bonds is 4. The van der Waals surface area contributed by atoms with Crippen LogP contribution in [0.25, 0.3) is 6.08 Å². The summed E-state index contributed by atoms with van der Waals surface area (Å²) in [7, 11) is 3.01. The molecule has 1 rings (SSSR count). The lowest BCUT2D eigenvalue weighted by molar-refractivity contribution is 0.0599. The zero-order valence-corrected chi connectivity index (χ0v) is 9.82. The Hall–Kier alpha value is -1.61. The van der Waals surface area contributed by atoms with Crippen LogP contribution in [0.1, 0.15) is 21.5 Å². The zero-order chi connectivity index (χ0) is 12.0. The molecule has 0 saturated carbocycles. The standard InChI is InChI=1S/C13H16O3/c1-10-6-4-7-11(8-5-9-15-2)12(10)13(14)16-3/h4-8H,9H2,1-3H3/b8-5+. The van der Waals surface area contributed by atoms with Crippen LogP contribution >= 0.6 is 0 Å². The Kier molecular flexibility index (Phi) is 4.73. The van der Waals surface area contributed by atoms with Crippen LogP contribution in [0.5, 0.6) is 0 Å². The number of carbonyl (C=O) groups is 1. The van der Waals surface area contributed by atoms with E-state index in [1.165, 1.54) is 7.11 Å². The number of methoxy groups -OCH3 is 2. The Labute approximate surface area is 95.7 Å². The van der Waals surface area contributed by atoms with Gasteiger partial charge in [0.25, 0.3) is 0 Å². The van der Waals surface area contributed by atoms with Crippen molar-refractivity contribution < 1.29 is 14.3 Å². The van der Waals surface area contributed by atoms with Crippen molar-refractivity contribution in [3.8, 4) is 0 Å². The lowest BCUT2D eigenvalue weighted by Crippen LogP contribution is -2.06. The largest absolute Gasteiger partial charge is 0.465 e. The van der Waals surface area contributed by atoms with E-state index in [0.717, 1.165) is 11.1 Å². The first-order valence-corrected chi connectivity index (χ1v) is 5.04. The highest BCUT2D eigenvalue weighted by Crippen LogP contribution is 2.16. The molecule has 0 amide bonds. The SMILES string of the molecule is COC/C=C/c1cccc(C)c1C(=O)OC. The molecule has 0 radical (unpaired) electrons. The predicted octanol–water partition coefficient (Wildman–Crippen LogP) is 2.44. The van der Waals surface area contributed by atoms with Gasteiger partial charge in [0, 0.05) is 7.11 Å². The van der Waals surface area contributed by atoms with Crippen molar-refractivity contribution in [3.63, 3.8) is 0 Å². The highest BCUT2D eigenvalue weighted by molar-refractivity contribution is 5.95. The molecule has 0 atom stereocenters. The number of esters is 1. The average molecular weight is 220 g/mol. The average Bonchev–Trinajstić information content (AvgIpc) is 2.29. The number of hydrogen-bond donors (Lipinski definition) is 0. The van der Waals surface area contributed by atoms with Gasteiger partial charge in [0.15, 0.2) is 0 Å². The van der Waals surface area contributed by atoms with Gasteiger partial charge in [0.2, 0.25) is 0 Å².